The minimum Gasteiger partial charge on any atom is -0.508 e. The van der Waals surface area contributed by atoms with Crippen molar-refractivity contribution in [2.24, 2.45) is 0 Å². The monoisotopic (exact) mass is 324 g/mol. The van der Waals surface area contributed by atoms with Crippen LogP contribution in [0.25, 0.3) is 22.8 Å². The van der Waals surface area contributed by atoms with E-state index >= 15 is 0 Å². The molecule has 1 heterocycles. The number of phenolic OH excluding ortho intramolecular Hbond substituents is 1. The first-order chi connectivity index (χ1) is 10.0. The van der Waals surface area contributed by atoms with Crippen LogP contribution >= 0.6 is 23.2 Å². The molecule has 1 aromatic heterocycles. The number of nitrogens with zero attached hydrogens (tertiary/aromatic N) is 2. The van der Waals surface area contributed by atoms with Gasteiger partial charge in [-0.25, -0.2) is 4.39 Å². The highest BCUT2D eigenvalue weighted by molar-refractivity contribution is 6.35. The van der Waals surface area contributed by atoms with Gasteiger partial charge in [-0.3, -0.25) is 0 Å². The van der Waals surface area contributed by atoms with E-state index in [-0.39, 0.29) is 23.0 Å². The molecule has 0 fully saturated rings. The number of aromatic nitrogens is 2. The summed E-state index contributed by atoms with van der Waals surface area (Å²) >= 11 is 11.8. The molecule has 0 saturated heterocycles. The number of halogens is 3. The maximum atomic E-state index is 13.7. The van der Waals surface area contributed by atoms with Gasteiger partial charge in [0.1, 0.15) is 11.6 Å². The number of benzene rings is 2. The summed E-state index contributed by atoms with van der Waals surface area (Å²) in [5, 5.41) is 13.8. The van der Waals surface area contributed by atoms with Crippen LogP contribution in [0.4, 0.5) is 4.39 Å². The molecule has 2 aromatic carbocycles. The largest absolute Gasteiger partial charge is 0.508 e. The van der Waals surface area contributed by atoms with Crippen molar-refractivity contribution in [2.45, 2.75) is 0 Å². The highest BCUT2D eigenvalue weighted by Gasteiger charge is 2.15. The highest BCUT2D eigenvalue weighted by atomic mass is 35.5. The van der Waals surface area contributed by atoms with E-state index < -0.39 is 5.82 Å². The molecule has 4 nitrogen and oxygen atoms in total. The van der Waals surface area contributed by atoms with E-state index in [1.807, 2.05) is 0 Å². The van der Waals surface area contributed by atoms with E-state index in [0.29, 0.717) is 15.6 Å². The molecule has 0 atom stereocenters. The summed E-state index contributed by atoms with van der Waals surface area (Å²) < 4.78 is 18.8. The molecular weight excluding hydrogens is 318 g/mol. The average molecular weight is 325 g/mol. The quantitative estimate of drug-likeness (QED) is 0.751. The summed E-state index contributed by atoms with van der Waals surface area (Å²) in [5.41, 5.74) is 0.654. The Morgan fingerprint density at radius 2 is 1.76 bits per heavy atom. The van der Waals surface area contributed by atoms with Crippen molar-refractivity contribution in [3.63, 3.8) is 0 Å². The molecule has 21 heavy (non-hydrogen) atoms. The van der Waals surface area contributed by atoms with Gasteiger partial charge in [-0.2, -0.15) is 4.98 Å². The molecule has 0 spiro atoms. The van der Waals surface area contributed by atoms with Crippen LogP contribution in [0, 0.1) is 5.82 Å². The molecular formula is C14H7Cl2FN2O2. The lowest BCUT2D eigenvalue weighted by atomic mass is 10.2. The van der Waals surface area contributed by atoms with Crippen LogP contribution < -0.4 is 0 Å². The first-order valence-electron chi connectivity index (χ1n) is 5.82. The van der Waals surface area contributed by atoms with E-state index in [4.69, 9.17) is 27.7 Å². The molecule has 0 radical (unpaired) electrons. The fourth-order valence-corrected chi connectivity index (χ4v) is 2.34. The van der Waals surface area contributed by atoms with Crippen molar-refractivity contribution < 1.29 is 14.0 Å². The lowest BCUT2D eigenvalue weighted by Gasteiger charge is -1.98. The molecule has 3 rings (SSSR count). The Kier molecular flexibility index (Phi) is 3.53. The van der Waals surface area contributed by atoms with Crippen molar-refractivity contribution in [1.29, 1.82) is 0 Å². The Morgan fingerprint density at radius 3 is 2.43 bits per heavy atom. The molecule has 0 bridgehead atoms. The van der Waals surface area contributed by atoms with Gasteiger partial charge >= 0.3 is 0 Å². The van der Waals surface area contributed by atoms with Crippen molar-refractivity contribution >= 4 is 23.2 Å². The molecule has 106 valence electrons. The van der Waals surface area contributed by atoms with Gasteiger partial charge < -0.3 is 9.63 Å². The molecule has 0 aliphatic heterocycles. The highest BCUT2D eigenvalue weighted by Crippen LogP contribution is 2.29. The Balaban J connectivity index is 2.03. The topological polar surface area (TPSA) is 59.2 Å². The Bertz CT molecular complexity index is 800. The summed E-state index contributed by atoms with van der Waals surface area (Å²) in [6, 6.07) is 8.47. The Morgan fingerprint density at radius 1 is 1.05 bits per heavy atom. The second-order valence-corrected chi connectivity index (χ2v) is 5.12. The third-order valence-electron chi connectivity index (χ3n) is 2.73. The SMILES string of the molecule is Oc1ccc(-c2nc(-c3cc(Cl)cc(Cl)c3)no2)c(F)c1. The maximum absolute atomic E-state index is 13.7. The van der Waals surface area contributed by atoms with Gasteiger partial charge in [-0.15, -0.1) is 0 Å². The fraction of sp³-hybridized carbons (Fsp3) is 0. The zero-order chi connectivity index (χ0) is 15.0. The smallest absolute Gasteiger partial charge is 0.261 e. The zero-order valence-electron chi connectivity index (χ0n) is 10.3. The number of hydrogen-bond acceptors (Lipinski definition) is 4. The van der Waals surface area contributed by atoms with Gasteiger partial charge in [0.25, 0.3) is 5.89 Å². The lowest BCUT2D eigenvalue weighted by molar-refractivity contribution is 0.429. The first kappa shape index (κ1) is 13.9. The van der Waals surface area contributed by atoms with Crippen molar-refractivity contribution in [1.82, 2.24) is 10.1 Å². The lowest BCUT2D eigenvalue weighted by Crippen LogP contribution is -1.85. The summed E-state index contributed by atoms with van der Waals surface area (Å²) in [6.07, 6.45) is 0. The second-order valence-electron chi connectivity index (χ2n) is 4.25. The Hall–Kier alpha value is -2.11. The van der Waals surface area contributed by atoms with Crippen LogP contribution in [-0.2, 0) is 0 Å². The zero-order valence-corrected chi connectivity index (χ0v) is 11.9. The number of aromatic hydroxyl groups is 1. The number of hydrogen-bond donors (Lipinski definition) is 1. The van der Waals surface area contributed by atoms with E-state index in [1.165, 1.54) is 12.1 Å². The molecule has 0 aliphatic carbocycles. The molecule has 3 aromatic rings. The normalized spacial score (nSPS) is 10.8. The molecule has 1 N–H and O–H groups in total. The van der Waals surface area contributed by atoms with Gasteiger partial charge in [-0.1, -0.05) is 28.4 Å². The van der Waals surface area contributed by atoms with Gasteiger partial charge in [0.15, 0.2) is 0 Å². The van der Waals surface area contributed by atoms with Gasteiger partial charge in [0.2, 0.25) is 5.82 Å². The van der Waals surface area contributed by atoms with Crippen molar-refractivity contribution in [2.75, 3.05) is 0 Å². The molecule has 0 aliphatic rings. The minimum atomic E-state index is -0.658. The predicted molar refractivity (Wildman–Crippen MR) is 76.8 cm³/mol. The Labute approximate surface area is 128 Å². The fourth-order valence-electron chi connectivity index (χ4n) is 1.81. The van der Waals surface area contributed by atoms with Crippen LogP contribution in [0.1, 0.15) is 0 Å². The van der Waals surface area contributed by atoms with Crippen LogP contribution in [0.3, 0.4) is 0 Å². The molecule has 0 unspecified atom stereocenters. The molecule has 0 amide bonds. The minimum absolute atomic E-state index is 0.00130. The van der Waals surface area contributed by atoms with Crippen LogP contribution in [-0.4, -0.2) is 15.2 Å². The number of rotatable bonds is 2. The number of phenols is 1. The standard InChI is InChI=1S/C14H7Cl2FN2O2/c15-8-3-7(4-9(16)5-8)13-18-14(21-19-13)11-2-1-10(20)6-12(11)17/h1-6,20H. The summed E-state index contributed by atoms with van der Waals surface area (Å²) in [4.78, 5) is 4.11. The maximum Gasteiger partial charge on any atom is 0.261 e. The van der Waals surface area contributed by atoms with E-state index in [9.17, 15) is 9.50 Å². The van der Waals surface area contributed by atoms with Crippen molar-refractivity contribution in [3.05, 3.63) is 52.3 Å². The average Bonchev–Trinajstić information content (AvgIpc) is 2.87. The summed E-state index contributed by atoms with van der Waals surface area (Å²) in [6.45, 7) is 0. The van der Waals surface area contributed by atoms with Gasteiger partial charge in [-0.05, 0) is 30.3 Å². The third-order valence-corrected chi connectivity index (χ3v) is 3.17. The van der Waals surface area contributed by atoms with Crippen molar-refractivity contribution in [3.8, 4) is 28.6 Å². The van der Waals surface area contributed by atoms with E-state index in [1.54, 1.807) is 18.2 Å². The van der Waals surface area contributed by atoms with Gasteiger partial charge in [0, 0.05) is 21.7 Å². The predicted octanol–water partition coefficient (Wildman–Crippen LogP) is 4.56. The van der Waals surface area contributed by atoms with Crippen LogP contribution in [0.2, 0.25) is 10.0 Å². The molecule has 7 heteroatoms. The summed E-state index contributed by atoms with van der Waals surface area (Å²) in [7, 11) is 0. The second kappa shape index (κ2) is 5.35. The molecule has 0 saturated carbocycles. The van der Waals surface area contributed by atoms with Crippen LogP contribution in [0.15, 0.2) is 40.9 Å². The third kappa shape index (κ3) is 2.84. The van der Waals surface area contributed by atoms with Gasteiger partial charge in [0.05, 0.1) is 5.56 Å². The summed E-state index contributed by atoms with van der Waals surface area (Å²) in [5.74, 6) is -0.604. The van der Waals surface area contributed by atoms with Crippen LogP contribution in [0.5, 0.6) is 5.75 Å². The van der Waals surface area contributed by atoms with E-state index in [2.05, 4.69) is 10.1 Å². The first-order valence-corrected chi connectivity index (χ1v) is 6.57. The van der Waals surface area contributed by atoms with E-state index in [0.717, 1.165) is 6.07 Å².